The Kier molecular flexibility index (Phi) is 5.90. The minimum absolute atomic E-state index is 0.0659. The van der Waals surface area contributed by atoms with E-state index in [2.05, 4.69) is 10.4 Å². The normalized spacial score (nSPS) is 15.5. The molecule has 0 spiro atoms. The van der Waals surface area contributed by atoms with Gasteiger partial charge in [-0.3, -0.25) is 9.59 Å². The lowest BCUT2D eigenvalue weighted by Crippen LogP contribution is -2.21. The van der Waals surface area contributed by atoms with Crippen molar-refractivity contribution in [1.82, 2.24) is 14.3 Å². The highest BCUT2D eigenvalue weighted by molar-refractivity contribution is 6.08. The highest BCUT2D eigenvalue weighted by atomic mass is 16.5. The molecule has 1 N–H and O–H groups in total. The third kappa shape index (κ3) is 4.32. The predicted octanol–water partition coefficient (Wildman–Crippen LogP) is 3.64. The van der Waals surface area contributed by atoms with Gasteiger partial charge in [-0.1, -0.05) is 18.2 Å². The Balaban J connectivity index is 1.55. The Hall–Kier alpha value is -3.91. The third-order valence-electron chi connectivity index (χ3n) is 6.05. The highest BCUT2D eigenvalue weighted by Crippen LogP contribution is 2.25. The van der Waals surface area contributed by atoms with E-state index in [1.165, 1.54) is 4.68 Å². The summed E-state index contributed by atoms with van der Waals surface area (Å²) in [6.07, 6.45) is 5.57. The van der Waals surface area contributed by atoms with Crippen LogP contribution in [-0.2, 0) is 11.3 Å². The molecule has 8 nitrogen and oxygen atoms in total. The molecule has 0 unspecified atom stereocenters. The molecule has 2 aromatic carbocycles. The first-order valence-electron chi connectivity index (χ1n) is 11.4. The summed E-state index contributed by atoms with van der Waals surface area (Å²) in [6, 6.07) is 16.8. The Morgan fingerprint density at radius 1 is 1.12 bits per heavy atom. The molecule has 0 aromatic heterocycles. The van der Waals surface area contributed by atoms with Crippen LogP contribution in [0.5, 0.6) is 0 Å². The maximum absolute atomic E-state index is 13.4. The number of carbonyl (C=O) groups excluding carboxylic acids is 1. The average molecular weight is 458 g/mol. The molecule has 3 heterocycles. The molecule has 1 saturated heterocycles. The fraction of sp³-hybridized carbons (Fsp3) is 0.269. The molecular formula is C26H27N5O3. The summed E-state index contributed by atoms with van der Waals surface area (Å²) in [6.45, 7) is 1.31. The fourth-order valence-electron chi connectivity index (χ4n) is 4.24. The van der Waals surface area contributed by atoms with Gasteiger partial charge in [0, 0.05) is 51.0 Å². The number of hydrogen-bond donors (Lipinski definition) is 1. The van der Waals surface area contributed by atoms with Gasteiger partial charge in [-0.2, -0.15) is 9.78 Å². The zero-order valence-electron chi connectivity index (χ0n) is 19.3. The Morgan fingerprint density at radius 3 is 2.56 bits per heavy atom. The second kappa shape index (κ2) is 9.15. The predicted molar refractivity (Wildman–Crippen MR) is 132 cm³/mol. The molecule has 1 fully saturated rings. The van der Waals surface area contributed by atoms with Gasteiger partial charge in [-0.15, -0.1) is 0 Å². The molecule has 0 bridgehead atoms. The van der Waals surface area contributed by atoms with Gasteiger partial charge in [-0.05, 0) is 49.2 Å². The van der Waals surface area contributed by atoms with Gasteiger partial charge in [0.25, 0.3) is 11.5 Å². The van der Waals surface area contributed by atoms with Crippen molar-refractivity contribution in [1.29, 1.82) is 0 Å². The van der Waals surface area contributed by atoms with Gasteiger partial charge in [-0.25, -0.2) is 0 Å². The topological polar surface area (TPSA) is 81.4 Å². The number of rotatable bonds is 6. The van der Waals surface area contributed by atoms with Crippen molar-refractivity contribution in [2.24, 2.45) is 0 Å². The molecule has 34 heavy (non-hydrogen) atoms. The van der Waals surface area contributed by atoms with E-state index in [0.717, 1.165) is 25.1 Å². The van der Waals surface area contributed by atoms with E-state index in [-0.39, 0.29) is 17.6 Å². The second-order valence-electron chi connectivity index (χ2n) is 8.71. The van der Waals surface area contributed by atoms with Crippen LogP contribution >= 0.6 is 0 Å². The van der Waals surface area contributed by atoms with Crippen LogP contribution in [0.15, 0.2) is 71.8 Å². The third-order valence-corrected chi connectivity index (χ3v) is 6.05. The minimum atomic E-state index is -0.318. The molecule has 3 aliphatic heterocycles. The average Bonchev–Trinajstić information content (AvgIpc) is 3.47. The summed E-state index contributed by atoms with van der Waals surface area (Å²) in [7, 11) is 3.93. The van der Waals surface area contributed by atoms with Crippen LogP contribution in [0.25, 0.3) is 16.9 Å². The number of fused-ring (bicyclic) bond motifs is 1. The van der Waals surface area contributed by atoms with Crippen molar-refractivity contribution in [2.45, 2.75) is 25.5 Å². The number of aromatic nitrogens is 3. The maximum atomic E-state index is 13.4. The van der Waals surface area contributed by atoms with Crippen LogP contribution in [0.3, 0.4) is 0 Å². The second-order valence-corrected chi connectivity index (χ2v) is 8.71. The van der Waals surface area contributed by atoms with Crippen LogP contribution in [-0.4, -0.2) is 47.1 Å². The van der Waals surface area contributed by atoms with Crippen LogP contribution in [0.1, 0.15) is 23.2 Å². The van der Waals surface area contributed by atoms with E-state index in [9.17, 15) is 9.59 Å². The van der Waals surface area contributed by atoms with Crippen molar-refractivity contribution in [2.75, 3.05) is 30.9 Å². The number of amides is 1. The molecule has 174 valence electrons. The van der Waals surface area contributed by atoms with Crippen LogP contribution < -0.4 is 15.8 Å². The van der Waals surface area contributed by atoms with Crippen LogP contribution in [0.2, 0.25) is 0 Å². The van der Waals surface area contributed by atoms with Gasteiger partial charge in [0.05, 0.1) is 22.9 Å². The van der Waals surface area contributed by atoms with E-state index < -0.39 is 0 Å². The number of carbonyl (C=O) groups is 1. The Labute approximate surface area is 197 Å². The number of nitrogens with zero attached hydrogens (tertiary/aromatic N) is 4. The highest BCUT2D eigenvalue weighted by Gasteiger charge is 2.26. The summed E-state index contributed by atoms with van der Waals surface area (Å²) in [5.41, 5.74) is 3.22. The zero-order chi connectivity index (χ0) is 23.7. The standard InChI is InChI=1S/C26H27N5O3/c1-29(2)19-12-10-18(11-13-19)27-25(32)22-16-30(15-21-9-6-14-34-21)17-23-24(22)28-31(26(23)33)20-7-4-3-5-8-20/h3-5,7-8,10-13,16-17,21H,6,9,14-15H2,1-2H3,(H,27,32)/t21-/m1/s1. The lowest BCUT2D eigenvalue weighted by atomic mass is 10.1. The van der Waals surface area contributed by atoms with Crippen molar-refractivity contribution >= 4 is 17.3 Å². The molecule has 8 heteroatoms. The molecule has 0 aliphatic carbocycles. The van der Waals surface area contributed by atoms with Gasteiger partial charge in [0.2, 0.25) is 0 Å². The van der Waals surface area contributed by atoms with Crippen LogP contribution in [0, 0.1) is 0 Å². The first kappa shape index (κ1) is 21.9. The van der Waals surface area contributed by atoms with Gasteiger partial charge in [0.1, 0.15) is 5.69 Å². The molecule has 1 amide bonds. The summed E-state index contributed by atoms with van der Waals surface area (Å²) < 4.78 is 9.00. The zero-order valence-corrected chi connectivity index (χ0v) is 19.3. The summed E-state index contributed by atoms with van der Waals surface area (Å²) in [5, 5.41) is 7.50. The summed E-state index contributed by atoms with van der Waals surface area (Å²) in [4.78, 5) is 28.6. The summed E-state index contributed by atoms with van der Waals surface area (Å²) in [5.74, 6) is -0.318. The quantitative estimate of drug-likeness (QED) is 0.478. The number of hydrogen-bond acceptors (Lipinski definition) is 5. The SMILES string of the molecule is CN(C)c1ccc(NC(=O)c2cn(C[C@H]3CCCO3)cc3c(=O)n(-c4ccccc4)nc2-3)cc1. The van der Waals surface area contributed by atoms with Crippen molar-refractivity contribution in [3.63, 3.8) is 0 Å². The number of ether oxygens (including phenoxy) is 1. The maximum Gasteiger partial charge on any atom is 0.282 e. The largest absolute Gasteiger partial charge is 0.378 e. The van der Waals surface area contributed by atoms with E-state index in [4.69, 9.17) is 4.74 Å². The smallest absolute Gasteiger partial charge is 0.282 e. The van der Waals surface area contributed by atoms with Crippen molar-refractivity contribution < 1.29 is 9.53 Å². The number of nitrogens with one attached hydrogen (secondary N) is 1. The number of anilines is 2. The molecule has 0 saturated carbocycles. The van der Waals surface area contributed by atoms with Gasteiger partial charge < -0.3 is 19.5 Å². The fourth-order valence-corrected chi connectivity index (χ4v) is 4.24. The minimum Gasteiger partial charge on any atom is -0.378 e. The van der Waals surface area contributed by atoms with E-state index >= 15 is 0 Å². The molecule has 3 aliphatic rings. The van der Waals surface area contributed by atoms with Crippen molar-refractivity contribution in [3.05, 3.63) is 82.9 Å². The molecule has 1 atom stereocenters. The van der Waals surface area contributed by atoms with Crippen LogP contribution in [0.4, 0.5) is 11.4 Å². The number of para-hydroxylation sites is 1. The Morgan fingerprint density at radius 2 is 1.88 bits per heavy atom. The number of benzene rings is 2. The molecule has 5 rings (SSSR count). The summed E-state index contributed by atoms with van der Waals surface area (Å²) >= 11 is 0. The first-order valence-corrected chi connectivity index (χ1v) is 11.4. The van der Waals surface area contributed by atoms with Gasteiger partial charge in [0.15, 0.2) is 0 Å². The van der Waals surface area contributed by atoms with Gasteiger partial charge >= 0.3 is 0 Å². The molecule has 2 aromatic rings. The van der Waals surface area contributed by atoms with E-state index in [0.29, 0.717) is 34.7 Å². The monoisotopic (exact) mass is 457 g/mol. The Bertz CT molecular complexity index is 1320. The molecular weight excluding hydrogens is 430 g/mol. The lowest BCUT2D eigenvalue weighted by molar-refractivity contribution is 0.0961. The molecule has 0 radical (unpaired) electrons. The lowest BCUT2D eigenvalue weighted by Gasteiger charge is -2.16. The van der Waals surface area contributed by atoms with E-state index in [1.54, 1.807) is 12.4 Å². The van der Waals surface area contributed by atoms with E-state index in [1.807, 2.05) is 78.2 Å². The van der Waals surface area contributed by atoms with Crippen molar-refractivity contribution in [3.8, 4) is 16.9 Å². The number of pyridine rings is 1. The first-order chi connectivity index (χ1) is 16.5.